The molecule has 0 N–H and O–H groups in total. The molecule has 0 bridgehead atoms. The first-order chi connectivity index (χ1) is 5.96. The average molecular weight is 182 g/mol. The van der Waals surface area contributed by atoms with E-state index in [0.717, 1.165) is 13.0 Å². The van der Waals surface area contributed by atoms with Crippen molar-refractivity contribution in [1.29, 1.82) is 0 Å². The molecule has 1 aliphatic rings. The third-order valence-electron chi connectivity index (χ3n) is 2.78. The van der Waals surface area contributed by atoms with Gasteiger partial charge < -0.3 is 0 Å². The fourth-order valence-electron chi connectivity index (χ4n) is 2.09. The summed E-state index contributed by atoms with van der Waals surface area (Å²) in [6.07, 6.45) is 0.989. The molecule has 13 heavy (non-hydrogen) atoms. The molecule has 0 saturated carbocycles. The van der Waals surface area contributed by atoms with Gasteiger partial charge in [-0.3, -0.25) is 4.90 Å². The largest absolute Gasteiger partial charge is 0.295 e. The van der Waals surface area contributed by atoms with Gasteiger partial charge in [0.25, 0.3) is 0 Å². The molecule has 2 atom stereocenters. The third kappa shape index (κ3) is 2.14. The van der Waals surface area contributed by atoms with Gasteiger partial charge in [0.1, 0.15) is 0 Å². The van der Waals surface area contributed by atoms with E-state index in [0.29, 0.717) is 6.04 Å². The number of hydrogen-bond donors (Lipinski definition) is 0. The predicted octanol–water partition coefficient (Wildman–Crippen LogP) is 2.56. The zero-order valence-corrected chi connectivity index (χ0v) is 8.86. The maximum atomic E-state index is 8.37. The summed E-state index contributed by atoms with van der Waals surface area (Å²) < 4.78 is 0. The molecule has 0 radical (unpaired) electrons. The zero-order chi connectivity index (χ0) is 10.1. The highest BCUT2D eigenvalue weighted by Crippen LogP contribution is 2.28. The fourth-order valence-corrected chi connectivity index (χ4v) is 2.09. The summed E-state index contributed by atoms with van der Waals surface area (Å²) in [6, 6.07) is 0.528. The Morgan fingerprint density at radius 3 is 2.46 bits per heavy atom. The van der Waals surface area contributed by atoms with Crippen molar-refractivity contribution in [3.8, 4) is 0 Å². The lowest BCUT2D eigenvalue weighted by molar-refractivity contribution is 0.126. The molecule has 0 aromatic carbocycles. The van der Waals surface area contributed by atoms with Crippen LogP contribution in [0.15, 0.2) is 5.11 Å². The van der Waals surface area contributed by atoms with Gasteiger partial charge in [-0.1, -0.05) is 5.11 Å². The van der Waals surface area contributed by atoms with Gasteiger partial charge in [0.05, 0.1) is 6.04 Å². The van der Waals surface area contributed by atoms with Crippen molar-refractivity contribution in [1.82, 2.24) is 4.90 Å². The van der Waals surface area contributed by atoms with Crippen molar-refractivity contribution in [2.45, 2.75) is 51.7 Å². The molecule has 0 amide bonds. The van der Waals surface area contributed by atoms with Crippen LogP contribution in [0.2, 0.25) is 0 Å². The average Bonchev–Trinajstić information content (AvgIpc) is 2.32. The summed E-state index contributed by atoms with van der Waals surface area (Å²) in [5.74, 6) is 0. The SMILES string of the molecule is C[C@H]1C(N=[N+]=[N-])CCN1C(C)(C)C. The van der Waals surface area contributed by atoms with Crippen LogP contribution in [0, 0.1) is 0 Å². The zero-order valence-electron chi connectivity index (χ0n) is 8.86. The molecule has 1 saturated heterocycles. The Morgan fingerprint density at radius 2 is 2.08 bits per heavy atom. The lowest BCUT2D eigenvalue weighted by Crippen LogP contribution is -2.45. The van der Waals surface area contributed by atoms with E-state index in [-0.39, 0.29) is 11.6 Å². The van der Waals surface area contributed by atoms with E-state index in [2.05, 4.69) is 42.6 Å². The molecule has 1 aliphatic heterocycles. The molecular weight excluding hydrogens is 164 g/mol. The Kier molecular flexibility index (Phi) is 2.84. The van der Waals surface area contributed by atoms with Crippen LogP contribution in [0.1, 0.15) is 34.1 Å². The Morgan fingerprint density at radius 1 is 1.46 bits per heavy atom. The van der Waals surface area contributed by atoms with Crippen LogP contribution in [0.3, 0.4) is 0 Å². The van der Waals surface area contributed by atoms with Crippen LogP contribution in [-0.2, 0) is 0 Å². The van der Waals surface area contributed by atoms with E-state index in [9.17, 15) is 0 Å². The Hall–Kier alpha value is -0.730. The number of rotatable bonds is 1. The van der Waals surface area contributed by atoms with Crippen molar-refractivity contribution < 1.29 is 0 Å². The van der Waals surface area contributed by atoms with E-state index in [1.54, 1.807) is 0 Å². The van der Waals surface area contributed by atoms with Gasteiger partial charge >= 0.3 is 0 Å². The summed E-state index contributed by atoms with van der Waals surface area (Å²) in [5, 5.41) is 3.81. The molecule has 74 valence electrons. The minimum atomic E-state index is 0.157. The maximum Gasteiger partial charge on any atom is 0.0539 e. The van der Waals surface area contributed by atoms with Crippen molar-refractivity contribution in [2.75, 3.05) is 6.54 Å². The first-order valence-corrected chi connectivity index (χ1v) is 4.78. The summed E-state index contributed by atoms with van der Waals surface area (Å²) in [6.45, 7) is 9.76. The van der Waals surface area contributed by atoms with Crippen LogP contribution in [0.25, 0.3) is 10.4 Å². The van der Waals surface area contributed by atoms with Gasteiger partial charge in [-0.25, -0.2) is 0 Å². The van der Waals surface area contributed by atoms with E-state index in [1.165, 1.54) is 0 Å². The molecule has 4 heteroatoms. The summed E-state index contributed by atoms with van der Waals surface area (Å²) in [7, 11) is 0. The van der Waals surface area contributed by atoms with E-state index < -0.39 is 0 Å². The lowest BCUT2D eigenvalue weighted by Gasteiger charge is -2.36. The normalized spacial score (nSPS) is 30.2. The number of azide groups is 1. The van der Waals surface area contributed by atoms with Crippen LogP contribution in [-0.4, -0.2) is 29.1 Å². The maximum absolute atomic E-state index is 8.37. The second-order valence-corrected chi connectivity index (χ2v) is 4.67. The van der Waals surface area contributed by atoms with Gasteiger partial charge in [0.15, 0.2) is 0 Å². The molecule has 0 spiro atoms. The minimum Gasteiger partial charge on any atom is -0.295 e. The molecule has 1 heterocycles. The highest BCUT2D eigenvalue weighted by atomic mass is 15.3. The molecule has 4 nitrogen and oxygen atoms in total. The van der Waals surface area contributed by atoms with Gasteiger partial charge in [-0.15, -0.1) is 0 Å². The Labute approximate surface area is 79.5 Å². The molecule has 1 unspecified atom stereocenters. The van der Waals surface area contributed by atoms with Crippen LogP contribution in [0.5, 0.6) is 0 Å². The highest BCUT2D eigenvalue weighted by Gasteiger charge is 2.35. The Bertz CT molecular complexity index is 224. The van der Waals surface area contributed by atoms with Crippen LogP contribution < -0.4 is 0 Å². The standard InChI is InChI=1S/C9H18N4/c1-7-8(11-12-10)5-6-13(7)9(2,3)4/h7-8H,5-6H2,1-4H3/t7-,8?/m0/s1. The van der Waals surface area contributed by atoms with E-state index in [1.807, 2.05) is 0 Å². The second-order valence-electron chi connectivity index (χ2n) is 4.67. The molecular formula is C9H18N4. The minimum absolute atomic E-state index is 0.157. The quantitative estimate of drug-likeness (QED) is 0.349. The molecule has 1 rings (SSSR count). The van der Waals surface area contributed by atoms with Gasteiger partial charge in [0, 0.05) is 16.5 Å². The highest BCUT2D eigenvalue weighted by molar-refractivity contribution is 4.94. The molecule has 0 aromatic heterocycles. The monoisotopic (exact) mass is 182 g/mol. The number of nitrogens with zero attached hydrogens (tertiary/aromatic N) is 4. The van der Waals surface area contributed by atoms with E-state index in [4.69, 9.17) is 5.53 Å². The van der Waals surface area contributed by atoms with Gasteiger partial charge in [0.2, 0.25) is 0 Å². The second kappa shape index (κ2) is 3.56. The fraction of sp³-hybridized carbons (Fsp3) is 1.00. The number of hydrogen-bond acceptors (Lipinski definition) is 2. The Balaban J connectivity index is 2.70. The molecule has 0 aromatic rings. The smallest absolute Gasteiger partial charge is 0.0539 e. The molecule has 1 fully saturated rings. The van der Waals surface area contributed by atoms with Crippen molar-refractivity contribution in [3.63, 3.8) is 0 Å². The molecule has 0 aliphatic carbocycles. The van der Waals surface area contributed by atoms with E-state index >= 15 is 0 Å². The summed E-state index contributed by atoms with van der Waals surface area (Å²) in [5.41, 5.74) is 8.55. The first kappa shape index (κ1) is 10.4. The lowest BCUT2D eigenvalue weighted by atomic mass is 10.0. The van der Waals surface area contributed by atoms with Crippen molar-refractivity contribution in [3.05, 3.63) is 10.4 Å². The van der Waals surface area contributed by atoms with Crippen LogP contribution >= 0.6 is 0 Å². The van der Waals surface area contributed by atoms with Gasteiger partial charge in [-0.05, 0) is 46.2 Å². The predicted molar refractivity (Wildman–Crippen MR) is 53.5 cm³/mol. The summed E-state index contributed by atoms with van der Waals surface area (Å²) >= 11 is 0. The van der Waals surface area contributed by atoms with Crippen LogP contribution in [0.4, 0.5) is 0 Å². The topological polar surface area (TPSA) is 52.0 Å². The van der Waals surface area contributed by atoms with Crippen molar-refractivity contribution in [2.24, 2.45) is 5.11 Å². The third-order valence-corrected chi connectivity index (χ3v) is 2.78. The first-order valence-electron chi connectivity index (χ1n) is 4.78. The van der Waals surface area contributed by atoms with Gasteiger partial charge in [-0.2, -0.15) is 0 Å². The number of likely N-dealkylation sites (tertiary alicyclic amines) is 1. The van der Waals surface area contributed by atoms with Crippen molar-refractivity contribution >= 4 is 0 Å². The summed E-state index contributed by atoms with van der Waals surface area (Å²) in [4.78, 5) is 5.28.